The van der Waals surface area contributed by atoms with E-state index in [0.29, 0.717) is 48.1 Å². The maximum absolute atomic E-state index is 13.8. The third-order valence-corrected chi connectivity index (χ3v) is 7.86. The molecule has 10 nitrogen and oxygen atoms in total. The largest absolute Gasteiger partial charge is 0.493 e. The molecule has 0 bridgehead atoms. The third kappa shape index (κ3) is 5.32. The number of aromatic nitrogens is 3. The molecule has 1 atom stereocenters. The Kier molecular flexibility index (Phi) is 7.90. The number of thiazole rings is 1. The predicted octanol–water partition coefficient (Wildman–Crippen LogP) is 3.66. The first-order chi connectivity index (χ1) is 19.3. The number of aryl methyl sites for hydroxylation is 1. The third-order valence-electron chi connectivity index (χ3n) is 6.08. The van der Waals surface area contributed by atoms with Gasteiger partial charge in [0.2, 0.25) is 0 Å². The Labute approximate surface area is 237 Å². The summed E-state index contributed by atoms with van der Waals surface area (Å²) in [6.45, 7) is 5.55. The lowest BCUT2D eigenvalue weighted by atomic mass is 9.95. The maximum atomic E-state index is 13.8. The highest BCUT2D eigenvalue weighted by molar-refractivity contribution is 7.99. The zero-order valence-electron chi connectivity index (χ0n) is 22.5. The second-order valence-corrected chi connectivity index (χ2v) is 10.6. The summed E-state index contributed by atoms with van der Waals surface area (Å²) in [5, 5.41) is 1.16. The van der Waals surface area contributed by atoms with E-state index in [2.05, 4.69) is 15.0 Å². The minimum atomic E-state index is -0.779. The van der Waals surface area contributed by atoms with Crippen LogP contribution in [0, 0.1) is 6.92 Å². The lowest BCUT2D eigenvalue weighted by Gasteiger charge is -2.25. The minimum Gasteiger partial charge on any atom is -0.493 e. The van der Waals surface area contributed by atoms with Gasteiger partial charge in [-0.05, 0) is 68.4 Å². The number of furan rings is 1. The van der Waals surface area contributed by atoms with E-state index >= 15 is 0 Å². The lowest BCUT2D eigenvalue weighted by molar-refractivity contribution is -0.139. The molecule has 0 aliphatic carbocycles. The quantitative estimate of drug-likeness (QED) is 0.228. The van der Waals surface area contributed by atoms with Crippen molar-refractivity contribution in [3.8, 4) is 11.5 Å². The Balaban J connectivity index is 1.60. The zero-order valence-corrected chi connectivity index (χ0v) is 24.1. The monoisotopic (exact) mass is 578 g/mol. The van der Waals surface area contributed by atoms with Crippen molar-refractivity contribution < 1.29 is 23.4 Å². The van der Waals surface area contributed by atoms with E-state index in [1.165, 1.54) is 34.8 Å². The molecule has 3 aromatic heterocycles. The fourth-order valence-corrected chi connectivity index (χ4v) is 6.07. The number of fused-ring (bicyclic) bond motifs is 1. The van der Waals surface area contributed by atoms with Crippen molar-refractivity contribution in [1.29, 1.82) is 0 Å². The molecule has 12 heteroatoms. The Morgan fingerprint density at radius 2 is 1.95 bits per heavy atom. The van der Waals surface area contributed by atoms with Crippen molar-refractivity contribution in [2.75, 3.05) is 20.8 Å². The van der Waals surface area contributed by atoms with Gasteiger partial charge in [-0.2, -0.15) is 0 Å². The lowest BCUT2D eigenvalue weighted by Crippen LogP contribution is -2.39. The van der Waals surface area contributed by atoms with Crippen LogP contribution < -0.4 is 24.4 Å². The molecule has 206 valence electrons. The standard InChI is InChI=1S/C28H26N4O6S2/c1-6-37-26(34)23-16(3)31-28-32(24(23)17-7-9-19(35-4)20(13-17)36-5)25(33)21(39-28)14-18-8-10-22(38-18)40-27-29-12-11-15(2)30-27/h7-14,24H,6H2,1-5H3/b21-14+/t24-/m0/s1. The van der Waals surface area contributed by atoms with Crippen LogP contribution >= 0.6 is 23.1 Å². The Hall–Kier alpha value is -4.16. The molecule has 40 heavy (non-hydrogen) atoms. The summed E-state index contributed by atoms with van der Waals surface area (Å²) in [5.74, 6) is 0.950. The van der Waals surface area contributed by atoms with E-state index in [1.807, 2.05) is 13.0 Å². The van der Waals surface area contributed by atoms with E-state index in [4.69, 9.17) is 18.6 Å². The van der Waals surface area contributed by atoms with E-state index in [1.54, 1.807) is 63.6 Å². The molecule has 1 aliphatic rings. The number of rotatable bonds is 8. The summed E-state index contributed by atoms with van der Waals surface area (Å²) in [6, 6.07) is 9.90. The summed E-state index contributed by atoms with van der Waals surface area (Å²) in [4.78, 5) is 40.6. The van der Waals surface area contributed by atoms with Gasteiger partial charge in [-0.1, -0.05) is 17.4 Å². The van der Waals surface area contributed by atoms with Crippen LogP contribution in [-0.2, 0) is 9.53 Å². The highest BCUT2D eigenvalue weighted by Crippen LogP contribution is 2.36. The normalized spacial score (nSPS) is 15.0. The van der Waals surface area contributed by atoms with Crippen LogP contribution in [0.15, 0.2) is 78.3 Å². The zero-order chi connectivity index (χ0) is 28.4. The van der Waals surface area contributed by atoms with Gasteiger partial charge < -0.3 is 18.6 Å². The van der Waals surface area contributed by atoms with Crippen LogP contribution in [0.4, 0.5) is 0 Å². The van der Waals surface area contributed by atoms with Crippen molar-refractivity contribution in [3.05, 3.63) is 90.6 Å². The average molecular weight is 579 g/mol. The smallest absolute Gasteiger partial charge is 0.338 e. The number of hydrogen-bond acceptors (Lipinski definition) is 11. The first-order valence-corrected chi connectivity index (χ1v) is 13.9. The van der Waals surface area contributed by atoms with Gasteiger partial charge in [-0.3, -0.25) is 9.36 Å². The summed E-state index contributed by atoms with van der Waals surface area (Å²) in [6.07, 6.45) is 3.36. The molecule has 0 spiro atoms. The van der Waals surface area contributed by atoms with Crippen molar-refractivity contribution in [2.45, 2.75) is 37.1 Å². The summed E-state index contributed by atoms with van der Waals surface area (Å²) >= 11 is 2.50. The van der Waals surface area contributed by atoms with Crippen LogP contribution in [0.1, 0.15) is 36.9 Å². The number of carbonyl (C=O) groups excluding carboxylic acids is 1. The summed E-state index contributed by atoms with van der Waals surface area (Å²) in [7, 11) is 3.07. The van der Waals surface area contributed by atoms with Crippen LogP contribution in [0.2, 0.25) is 0 Å². The SMILES string of the molecule is CCOC(=O)C1=C(C)N=c2s/c(=C/c3ccc(Sc4nccc(C)n4)o3)c(=O)n2[C@H]1c1ccc(OC)c(OC)c1. The van der Waals surface area contributed by atoms with Gasteiger partial charge >= 0.3 is 5.97 Å². The molecule has 0 radical (unpaired) electrons. The van der Waals surface area contributed by atoms with E-state index in [-0.39, 0.29) is 17.7 Å². The van der Waals surface area contributed by atoms with Crippen LogP contribution in [0.25, 0.3) is 6.08 Å². The molecule has 0 saturated carbocycles. The number of benzene rings is 1. The van der Waals surface area contributed by atoms with Gasteiger partial charge in [0.05, 0.1) is 42.7 Å². The molecule has 0 fully saturated rings. The van der Waals surface area contributed by atoms with Crippen LogP contribution in [0.3, 0.4) is 0 Å². The van der Waals surface area contributed by atoms with Crippen molar-refractivity contribution >= 4 is 35.1 Å². The number of allylic oxidation sites excluding steroid dienone is 1. The Morgan fingerprint density at radius 1 is 1.15 bits per heavy atom. The molecule has 0 amide bonds. The summed E-state index contributed by atoms with van der Waals surface area (Å²) < 4.78 is 24.1. The molecule has 1 aliphatic heterocycles. The topological polar surface area (TPSA) is 118 Å². The van der Waals surface area contributed by atoms with Gasteiger partial charge in [0.1, 0.15) is 5.76 Å². The van der Waals surface area contributed by atoms with E-state index in [0.717, 1.165) is 5.69 Å². The van der Waals surface area contributed by atoms with Gasteiger partial charge in [0.25, 0.3) is 5.56 Å². The van der Waals surface area contributed by atoms with E-state index in [9.17, 15) is 9.59 Å². The van der Waals surface area contributed by atoms with Crippen LogP contribution in [-0.4, -0.2) is 41.3 Å². The number of carbonyl (C=O) groups is 1. The fourth-order valence-electron chi connectivity index (χ4n) is 4.29. The molecule has 0 N–H and O–H groups in total. The number of esters is 1. The first-order valence-electron chi connectivity index (χ1n) is 12.3. The molecule has 0 saturated heterocycles. The molecule has 4 aromatic rings. The number of hydrogen-bond donors (Lipinski definition) is 0. The highest BCUT2D eigenvalue weighted by Gasteiger charge is 2.34. The molecule has 4 heterocycles. The molecular weight excluding hydrogens is 552 g/mol. The number of ether oxygens (including phenoxy) is 3. The van der Waals surface area contributed by atoms with Crippen molar-refractivity contribution in [2.24, 2.45) is 4.99 Å². The molecule has 0 unspecified atom stereocenters. The van der Waals surface area contributed by atoms with E-state index < -0.39 is 12.0 Å². The predicted molar refractivity (Wildman–Crippen MR) is 150 cm³/mol. The fraction of sp³-hybridized carbons (Fsp3) is 0.250. The van der Waals surface area contributed by atoms with Crippen molar-refractivity contribution in [3.63, 3.8) is 0 Å². The number of methoxy groups -OCH3 is 2. The second kappa shape index (κ2) is 11.5. The highest BCUT2D eigenvalue weighted by atomic mass is 32.2. The minimum absolute atomic E-state index is 0.186. The second-order valence-electron chi connectivity index (χ2n) is 8.66. The molecule has 5 rings (SSSR count). The van der Waals surface area contributed by atoms with Gasteiger partial charge in [0.15, 0.2) is 26.5 Å². The first kappa shape index (κ1) is 27.4. The Morgan fingerprint density at radius 3 is 2.67 bits per heavy atom. The van der Waals surface area contributed by atoms with Gasteiger partial charge in [0, 0.05) is 18.0 Å². The molecular formula is C28H26N4O6S2. The van der Waals surface area contributed by atoms with Crippen molar-refractivity contribution in [1.82, 2.24) is 14.5 Å². The number of nitrogens with zero attached hydrogens (tertiary/aromatic N) is 4. The van der Waals surface area contributed by atoms with Crippen LogP contribution in [0.5, 0.6) is 11.5 Å². The summed E-state index contributed by atoms with van der Waals surface area (Å²) in [5.41, 5.74) is 1.94. The van der Waals surface area contributed by atoms with Gasteiger partial charge in [-0.15, -0.1) is 0 Å². The maximum Gasteiger partial charge on any atom is 0.338 e. The average Bonchev–Trinajstić information content (AvgIpc) is 3.50. The molecule has 1 aromatic carbocycles. The van der Waals surface area contributed by atoms with Gasteiger partial charge in [-0.25, -0.2) is 19.8 Å². The Bertz CT molecular complexity index is 1800.